The molecule has 0 aliphatic carbocycles. The number of carbonyl (C=O) groups is 2. The number of hydrogen-bond donors (Lipinski definition) is 1. The second kappa shape index (κ2) is 7.89. The van der Waals surface area contributed by atoms with Crippen LogP contribution < -0.4 is 4.90 Å². The third kappa shape index (κ3) is 3.88. The van der Waals surface area contributed by atoms with Crippen LogP contribution in [0.25, 0.3) is 0 Å². The number of benzene rings is 1. The number of aromatic carboxylic acids is 1. The highest BCUT2D eigenvalue weighted by molar-refractivity contribution is 7.12. The predicted octanol–water partition coefficient (Wildman–Crippen LogP) is 3.82. The average Bonchev–Trinajstić information content (AvgIpc) is 3.17. The zero-order valence-electron chi connectivity index (χ0n) is 15.2. The maximum Gasteiger partial charge on any atom is 0.415 e. The van der Waals surface area contributed by atoms with Gasteiger partial charge in [0.15, 0.2) is 0 Å². The molecule has 2 bridgehead atoms. The molecular weight excluding hydrogens is 383 g/mol. The summed E-state index contributed by atoms with van der Waals surface area (Å²) in [5.41, 5.74) is 0.744. The van der Waals surface area contributed by atoms with E-state index in [4.69, 9.17) is 9.84 Å². The lowest BCUT2D eigenvalue weighted by molar-refractivity contribution is -0.0311. The van der Waals surface area contributed by atoms with Gasteiger partial charge in [0.05, 0.1) is 12.2 Å². The Morgan fingerprint density at radius 2 is 2.04 bits per heavy atom. The van der Waals surface area contributed by atoms with Crippen LogP contribution in [-0.2, 0) is 11.3 Å². The Hall–Kier alpha value is -2.45. The molecule has 1 atom stereocenters. The molecule has 1 N–H and O–H groups in total. The van der Waals surface area contributed by atoms with Crippen molar-refractivity contribution in [2.45, 2.75) is 25.5 Å². The molecule has 1 amide bonds. The normalized spacial score (nSPS) is 23.4. The van der Waals surface area contributed by atoms with Crippen LogP contribution in [0.4, 0.5) is 14.9 Å². The molecule has 3 aliphatic heterocycles. The third-order valence-corrected chi connectivity index (χ3v) is 6.38. The second-order valence-electron chi connectivity index (χ2n) is 7.22. The molecule has 3 fully saturated rings. The summed E-state index contributed by atoms with van der Waals surface area (Å²) in [6.45, 7) is 2.82. The van der Waals surface area contributed by atoms with Gasteiger partial charge in [-0.25, -0.2) is 14.0 Å². The van der Waals surface area contributed by atoms with E-state index >= 15 is 0 Å². The van der Waals surface area contributed by atoms with E-state index in [0.29, 0.717) is 18.0 Å². The number of carboxylic acids is 1. The molecule has 5 rings (SSSR count). The molecule has 3 saturated heterocycles. The van der Waals surface area contributed by atoms with E-state index in [0.717, 1.165) is 37.3 Å². The molecule has 28 heavy (non-hydrogen) atoms. The van der Waals surface area contributed by atoms with Crippen molar-refractivity contribution in [2.24, 2.45) is 5.92 Å². The Balaban J connectivity index is 1.56. The Morgan fingerprint density at radius 1 is 1.29 bits per heavy atom. The Morgan fingerprint density at radius 3 is 2.64 bits per heavy atom. The second-order valence-corrected chi connectivity index (χ2v) is 8.13. The number of thiophene rings is 1. The zero-order chi connectivity index (χ0) is 19.7. The summed E-state index contributed by atoms with van der Waals surface area (Å²) in [5, 5.41) is 10.8. The van der Waals surface area contributed by atoms with Gasteiger partial charge >= 0.3 is 12.1 Å². The minimum atomic E-state index is -1.02. The van der Waals surface area contributed by atoms with Crippen molar-refractivity contribution >= 4 is 29.1 Å². The summed E-state index contributed by atoms with van der Waals surface area (Å²) < 4.78 is 20.2. The van der Waals surface area contributed by atoms with Crippen LogP contribution in [0.15, 0.2) is 35.7 Å². The summed E-state index contributed by atoms with van der Waals surface area (Å²) in [7, 11) is 0. The van der Waals surface area contributed by atoms with Crippen molar-refractivity contribution in [3.63, 3.8) is 0 Å². The fourth-order valence-corrected chi connectivity index (χ4v) is 4.65. The first kappa shape index (κ1) is 18.9. The lowest BCUT2D eigenvalue weighted by Gasteiger charge is -2.44. The molecular formula is C20H21FN2O4S. The summed E-state index contributed by atoms with van der Waals surface area (Å²) >= 11 is 1.08. The van der Waals surface area contributed by atoms with E-state index < -0.39 is 17.9 Å². The molecule has 1 aromatic heterocycles. The molecule has 0 unspecified atom stereocenters. The quantitative estimate of drug-likeness (QED) is 0.820. The number of piperidine rings is 3. The van der Waals surface area contributed by atoms with E-state index in [1.54, 1.807) is 17.5 Å². The van der Waals surface area contributed by atoms with E-state index in [1.807, 2.05) is 0 Å². The summed E-state index contributed by atoms with van der Waals surface area (Å²) in [5.74, 6) is -1.21. The number of hydrogen-bond acceptors (Lipinski definition) is 5. The Kier molecular flexibility index (Phi) is 5.32. The monoisotopic (exact) mass is 404 g/mol. The van der Waals surface area contributed by atoms with Gasteiger partial charge in [-0.05, 0) is 61.0 Å². The number of anilines is 1. The minimum Gasteiger partial charge on any atom is -0.477 e. The van der Waals surface area contributed by atoms with E-state index in [9.17, 15) is 14.0 Å². The van der Waals surface area contributed by atoms with Crippen molar-refractivity contribution in [2.75, 3.05) is 24.5 Å². The van der Waals surface area contributed by atoms with Crippen molar-refractivity contribution in [3.05, 3.63) is 52.0 Å². The van der Waals surface area contributed by atoms with Crippen LogP contribution in [0.5, 0.6) is 0 Å². The number of amides is 1. The topological polar surface area (TPSA) is 70.1 Å². The van der Waals surface area contributed by atoms with Gasteiger partial charge in [-0.3, -0.25) is 9.80 Å². The van der Waals surface area contributed by atoms with Crippen LogP contribution in [0.2, 0.25) is 0 Å². The van der Waals surface area contributed by atoms with Gasteiger partial charge < -0.3 is 9.84 Å². The van der Waals surface area contributed by atoms with Gasteiger partial charge in [0, 0.05) is 6.54 Å². The molecule has 148 valence electrons. The van der Waals surface area contributed by atoms with Crippen LogP contribution in [0.1, 0.15) is 28.1 Å². The largest absolute Gasteiger partial charge is 0.477 e. The van der Waals surface area contributed by atoms with E-state index in [-0.39, 0.29) is 23.2 Å². The smallest absolute Gasteiger partial charge is 0.415 e. The summed E-state index contributed by atoms with van der Waals surface area (Å²) in [6.07, 6.45) is 1.21. The first-order valence-electron chi connectivity index (χ1n) is 9.27. The molecule has 3 aliphatic rings. The molecule has 8 heteroatoms. The highest BCUT2D eigenvalue weighted by Gasteiger charge is 2.37. The van der Waals surface area contributed by atoms with Crippen molar-refractivity contribution in [3.8, 4) is 0 Å². The number of ether oxygens (including phenoxy) is 1. The van der Waals surface area contributed by atoms with Crippen molar-refractivity contribution < 1.29 is 23.8 Å². The first-order chi connectivity index (χ1) is 13.5. The molecule has 4 heterocycles. The van der Waals surface area contributed by atoms with Gasteiger partial charge in [0.1, 0.15) is 16.8 Å². The standard InChI is InChI=1S/C20H21FN2O4S/c21-15-3-1-2-4-16(15)23(10-13-9-18(19(24)25)28-12-13)20(26)27-17-11-22-7-5-14(17)6-8-22/h1-4,9,12,14,17H,5-8,10-11H2,(H,24,25)/t17-/m0/s1. The minimum absolute atomic E-state index is 0.0463. The van der Waals surface area contributed by atoms with Crippen LogP contribution in [0, 0.1) is 11.7 Å². The van der Waals surface area contributed by atoms with E-state index in [2.05, 4.69) is 4.90 Å². The van der Waals surface area contributed by atoms with Crippen molar-refractivity contribution in [1.82, 2.24) is 4.90 Å². The molecule has 2 aromatic rings. The number of rotatable bonds is 5. The number of carboxylic acid groups (broad SMARTS) is 1. The molecule has 0 saturated carbocycles. The number of nitrogens with zero attached hydrogens (tertiary/aromatic N) is 2. The van der Waals surface area contributed by atoms with Gasteiger partial charge in [-0.15, -0.1) is 11.3 Å². The fraction of sp³-hybridized carbons (Fsp3) is 0.400. The number of para-hydroxylation sites is 1. The molecule has 0 radical (unpaired) electrons. The maximum absolute atomic E-state index is 14.4. The first-order valence-corrected chi connectivity index (χ1v) is 10.1. The Labute approximate surface area is 166 Å². The van der Waals surface area contributed by atoms with Crippen LogP contribution >= 0.6 is 11.3 Å². The zero-order valence-corrected chi connectivity index (χ0v) is 16.0. The van der Waals surface area contributed by atoms with Crippen LogP contribution in [-0.4, -0.2) is 47.8 Å². The predicted molar refractivity (Wildman–Crippen MR) is 103 cm³/mol. The van der Waals surface area contributed by atoms with Gasteiger partial charge in [-0.2, -0.15) is 0 Å². The van der Waals surface area contributed by atoms with Crippen molar-refractivity contribution in [1.29, 1.82) is 0 Å². The highest BCUT2D eigenvalue weighted by atomic mass is 32.1. The number of fused-ring (bicyclic) bond motifs is 3. The lowest BCUT2D eigenvalue weighted by Crippen LogP contribution is -2.53. The number of carbonyl (C=O) groups excluding carboxylic acids is 1. The molecule has 0 spiro atoms. The average molecular weight is 404 g/mol. The molecule has 6 nitrogen and oxygen atoms in total. The molecule has 1 aromatic carbocycles. The summed E-state index contributed by atoms with van der Waals surface area (Å²) in [4.78, 5) is 27.8. The highest BCUT2D eigenvalue weighted by Crippen LogP contribution is 2.31. The lowest BCUT2D eigenvalue weighted by atomic mass is 9.86. The fourth-order valence-electron chi connectivity index (χ4n) is 3.91. The number of halogens is 1. The van der Waals surface area contributed by atoms with Gasteiger partial charge in [0.2, 0.25) is 0 Å². The van der Waals surface area contributed by atoms with Gasteiger partial charge in [0.25, 0.3) is 0 Å². The van der Waals surface area contributed by atoms with Gasteiger partial charge in [-0.1, -0.05) is 12.1 Å². The van der Waals surface area contributed by atoms with Crippen LogP contribution in [0.3, 0.4) is 0 Å². The SMILES string of the molecule is O=C(O)c1cc(CN(C(=O)O[C@H]2CN3CCC2CC3)c2ccccc2F)cs1. The van der Waals surface area contributed by atoms with E-state index in [1.165, 1.54) is 23.1 Å². The summed E-state index contributed by atoms with van der Waals surface area (Å²) in [6, 6.07) is 7.53. The third-order valence-electron chi connectivity index (χ3n) is 5.42. The maximum atomic E-state index is 14.4. The Bertz CT molecular complexity index is 879.